The van der Waals surface area contributed by atoms with Crippen molar-refractivity contribution < 1.29 is 19.1 Å². The Hall–Kier alpha value is -1.75. The Balaban J connectivity index is 2.66. The zero-order valence-electron chi connectivity index (χ0n) is 12.6. The van der Waals surface area contributed by atoms with Crippen LogP contribution in [0.1, 0.15) is 27.7 Å². The molecule has 116 valence electrons. The van der Waals surface area contributed by atoms with Crippen molar-refractivity contribution in [3.8, 4) is 5.75 Å². The molecule has 0 aliphatic rings. The van der Waals surface area contributed by atoms with Gasteiger partial charge in [0.25, 0.3) is 5.91 Å². The molecular formula is C15H20ClNO4. The molecule has 0 fully saturated rings. The molecule has 1 rings (SSSR count). The van der Waals surface area contributed by atoms with Crippen molar-refractivity contribution in [1.29, 1.82) is 0 Å². The molecule has 1 aromatic rings. The fraction of sp³-hybridized carbons (Fsp3) is 0.467. The molecule has 0 heterocycles. The number of carbonyl (C=O) groups excluding carboxylic acids is 2. The van der Waals surface area contributed by atoms with Crippen LogP contribution in [0, 0.1) is 0 Å². The lowest BCUT2D eigenvalue weighted by atomic mass is 10.1. The second kappa shape index (κ2) is 7.31. The van der Waals surface area contributed by atoms with Crippen LogP contribution >= 0.6 is 11.6 Å². The fourth-order valence-electron chi connectivity index (χ4n) is 1.51. The third-order valence-electron chi connectivity index (χ3n) is 2.68. The topological polar surface area (TPSA) is 64.6 Å². The van der Waals surface area contributed by atoms with Gasteiger partial charge in [-0.1, -0.05) is 11.6 Å². The van der Waals surface area contributed by atoms with Gasteiger partial charge in [0.05, 0.1) is 0 Å². The van der Waals surface area contributed by atoms with Crippen molar-refractivity contribution in [1.82, 2.24) is 5.32 Å². The summed E-state index contributed by atoms with van der Waals surface area (Å²) in [5.41, 5.74) is -1.21. The third-order valence-corrected chi connectivity index (χ3v) is 2.93. The molecule has 0 saturated carbocycles. The Kier molecular flexibility index (Phi) is 6.03. The van der Waals surface area contributed by atoms with Gasteiger partial charge in [-0.2, -0.15) is 0 Å². The van der Waals surface area contributed by atoms with Gasteiger partial charge >= 0.3 is 5.97 Å². The predicted octanol–water partition coefficient (Wildman–Crippen LogP) is 2.57. The van der Waals surface area contributed by atoms with Crippen LogP contribution in [0.5, 0.6) is 5.75 Å². The summed E-state index contributed by atoms with van der Waals surface area (Å²) in [6, 6.07) is 6.64. The summed E-state index contributed by atoms with van der Waals surface area (Å²) in [6.07, 6.45) is -0.870. The van der Waals surface area contributed by atoms with Crippen LogP contribution in [0.15, 0.2) is 24.3 Å². The van der Waals surface area contributed by atoms with E-state index in [1.165, 1.54) is 6.92 Å². The van der Waals surface area contributed by atoms with E-state index in [0.29, 0.717) is 17.3 Å². The van der Waals surface area contributed by atoms with E-state index in [9.17, 15) is 9.59 Å². The van der Waals surface area contributed by atoms with Crippen molar-refractivity contribution in [2.24, 2.45) is 0 Å². The first-order valence-electron chi connectivity index (χ1n) is 6.69. The van der Waals surface area contributed by atoms with Gasteiger partial charge in [-0.05, 0) is 52.0 Å². The predicted molar refractivity (Wildman–Crippen MR) is 80.4 cm³/mol. The summed E-state index contributed by atoms with van der Waals surface area (Å²) in [5.74, 6) is -0.462. The smallest absolute Gasteiger partial charge is 0.350 e. The number of ether oxygens (including phenoxy) is 2. The minimum atomic E-state index is -1.21. The van der Waals surface area contributed by atoms with E-state index in [4.69, 9.17) is 21.1 Å². The van der Waals surface area contributed by atoms with Crippen molar-refractivity contribution in [3.05, 3.63) is 29.3 Å². The average Bonchev–Trinajstić information content (AvgIpc) is 2.41. The number of rotatable bonds is 6. The lowest BCUT2D eigenvalue weighted by Crippen LogP contribution is -2.44. The second-order valence-electron chi connectivity index (χ2n) is 5.01. The zero-order chi connectivity index (χ0) is 16.0. The van der Waals surface area contributed by atoms with E-state index in [1.807, 2.05) is 0 Å². The van der Waals surface area contributed by atoms with E-state index in [0.717, 1.165) is 0 Å². The highest BCUT2D eigenvalue weighted by molar-refractivity contribution is 6.30. The van der Waals surface area contributed by atoms with Crippen molar-refractivity contribution in [2.75, 3.05) is 6.54 Å². The van der Waals surface area contributed by atoms with Crippen LogP contribution in [0.2, 0.25) is 5.02 Å². The summed E-state index contributed by atoms with van der Waals surface area (Å²) in [5, 5.41) is 3.16. The van der Waals surface area contributed by atoms with Gasteiger partial charge in [0.15, 0.2) is 11.7 Å². The number of likely N-dealkylation sites (N-methyl/N-ethyl adjacent to an activating group) is 1. The number of carbonyl (C=O) groups is 2. The van der Waals surface area contributed by atoms with Crippen LogP contribution in [0.3, 0.4) is 0 Å². The maximum atomic E-state index is 12.1. The zero-order valence-corrected chi connectivity index (χ0v) is 13.4. The molecule has 5 nitrogen and oxygen atoms in total. The van der Waals surface area contributed by atoms with Crippen molar-refractivity contribution in [3.63, 3.8) is 0 Å². The lowest BCUT2D eigenvalue weighted by Gasteiger charge is -2.26. The SMILES string of the molecule is CCNC(=O)[C@H](C)OC(=O)C(C)(C)Oc1ccc(Cl)cc1. The normalized spacial score (nSPS) is 12.4. The van der Waals surface area contributed by atoms with Crippen LogP contribution < -0.4 is 10.1 Å². The van der Waals surface area contributed by atoms with Gasteiger partial charge in [-0.25, -0.2) is 4.79 Å². The van der Waals surface area contributed by atoms with E-state index >= 15 is 0 Å². The highest BCUT2D eigenvalue weighted by Crippen LogP contribution is 2.22. The van der Waals surface area contributed by atoms with Crippen LogP contribution in [0.25, 0.3) is 0 Å². The molecule has 1 atom stereocenters. The van der Waals surface area contributed by atoms with Crippen molar-refractivity contribution >= 4 is 23.5 Å². The van der Waals surface area contributed by atoms with E-state index in [-0.39, 0.29) is 5.91 Å². The summed E-state index contributed by atoms with van der Waals surface area (Å²) in [7, 11) is 0. The Morgan fingerprint density at radius 1 is 1.29 bits per heavy atom. The second-order valence-corrected chi connectivity index (χ2v) is 5.44. The highest BCUT2D eigenvalue weighted by atomic mass is 35.5. The number of hydrogen-bond donors (Lipinski definition) is 1. The van der Waals surface area contributed by atoms with E-state index < -0.39 is 17.7 Å². The molecule has 0 aromatic heterocycles. The third kappa shape index (κ3) is 5.27. The first kappa shape index (κ1) is 17.3. The fourth-order valence-corrected chi connectivity index (χ4v) is 1.64. The summed E-state index contributed by atoms with van der Waals surface area (Å²) in [4.78, 5) is 23.7. The van der Waals surface area contributed by atoms with Crippen molar-refractivity contribution in [2.45, 2.75) is 39.4 Å². The number of amides is 1. The molecule has 0 saturated heterocycles. The summed E-state index contributed by atoms with van der Waals surface area (Å²) < 4.78 is 10.7. The molecule has 0 bridgehead atoms. The van der Waals surface area contributed by atoms with Gasteiger partial charge in [0, 0.05) is 11.6 Å². The Morgan fingerprint density at radius 2 is 1.86 bits per heavy atom. The molecule has 1 aromatic carbocycles. The number of hydrogen-bond acceptors (Lipinski definition) is 4. The summed E-state index contributed by atoms with van der Waals surface area (Å²) in [6.45, 7) is 6.94. The Labute approximate surface area is 129 Å². The van der Waals surface area contributed by atoms with E-state index in [1.54, 1.807) is 45.0 Å². The van der Waals surface area contributed by atoms with Gasteiger partial charge in [0.2, 0.25) is 0 Å². The molecule has 0 radical (unpaired) electrons. The Morgan fingerprint density at radius 3 is 2.38 bits per heavy atom. The number of nitrogens with one attached hydrogen (secondary N) is 1. The maximum absolute atomic E-state index is 12.1. The average molecular weight is 314 g/mol. The summed E-state index contributed by atoms with van der Waals surface area (Å²) >= 11 is 5.79. The molecule has 0 aliphatic heterocycles. The van der Waals surface area contributed by atoms with Crippen LogP contribution in [-0.2, 0) is 14.3 Å². The minimum absolute atomic E-state index is 0.340. The molecule has 1 N–H and O–H groups in total. The standard InChI is InChI=1S/C15H20ClNO4/c1-5-17-13(18)10(2)20-14(19)15(3,4)21-12-8-6-11(16)7-9-12/h6-10H,5H2,1-4H3,(H,17,18)/t10-/m0/s1. The molecular weight excluding hydrogens is 294 g/mol. The molecule has 0 unspecified atom stereocenters. The molecule has 0 aliphatic carbocycles. The van der Waals surface area contributed by atoms with Crippen LogP contribution in [-0.4, -0.2) is 30.1 Å². The van der Waals surface area contributed by atoms with Gasteiger partial charge < -0.3 is 14.8 Å². The molecule has 0 spiro atoms. The highest BCUT2D eigenvalue weighted by Gasteiger charge is 2.34. The molecule has 1 amide bonds. The van der Waals surface area contributed by atoms with Gasteiger partial charge in [-0.15, -0.1) is 0 Å². The lowest BCUT2D eigenvalue weighted by molar-refractivity contribution is -0.167. The number of halogens is 1. The monoisotopic (exact) mass is 313 g/mol. The largest absolute Gasteiger partial charge is 0.476 e. The van der Waals surface area contributed by atoms with Gasteiger partial charge in [0.1, 0.15) is 5.75 Å². The quantitative estimate of drug-likeness (QED) is 0.820. The number of esters is 1. The minimum Gasteiger partial charge on any atom is -0.476 e. The Bertz CT molecular complexity index is 499. The van der Waals surface area contributed by atoms with E-state index in [2.05, 4.69) is 5.32 Å². The maximum Gasteiger partial charge on any atom is 0.350 e. The first-order chi connectivity index (χ1) is 9.76. The number of benzene rings is 1. The van der Waals surface area contributed by atoms with Crippen LogP contribution in [0.4, 0.5) is 0 Å². The molecule has 6 heteroatoms. The molecule has 21 heavy (non-hydrogen) atoms. The van der Waals surface area contributed by atoms with Gasteiger partial charge in [-0.3, -0.25) is 4.79 Å². The first-order valence-corrected chi connectivity index (χ1v) is 7.07.